The van der Waals surface area contributed by atoms with Gasteiger partial charge < -0.3 is 24.2 Å². The van der Waals surface area contributed by atoms with Gasteiger partial charge in [-0.1, -0.05) is 12.0 Å². The predicted molar refractivity (Wildman–Crippen MR) is 212 cm³/mol. The van der Waals surface area contributed by atoms with Gasteiger partial charge in [-0.2, -0.15) is 15.1 Å². The zero-order chi connectivity index (χ0) is 38.6. The number of anilines is 1. The van der Waals surface area contributed by atoms with Gasteiger partial charge >= 0.3 is 6.01 Å². The summed E-state index contributed by atoms with van der Waals surface area (Å²) >= 11 is 0. The average molecular weight is 776 g/mol. The van der Waals surface area contributed by atoms with Gasteiger partial charge in [0.1, 0.15) is 28.4 Å². The van der Waals surface area contributed by atoms with E-state index < -0.39 is 11.6 Å². The highest BCUT2D eigenvalue weighted by atomic mass is 19.1. The van der Waals surface area contributed by atoms with Crippen molar-refractivity contribution in [3.8, 4) is 35.2 Å². The molecule has 5 aliphatic heterocycles. The third kappa shape index (κ3) is 5.93. The maximum atomic E-state index is 17.9. The van der Waals surface area contributed by atoms with Crippen molar-refractivity contribution in [2.75, 3.05) is 70.6 Å². The number of aromatic nitrogens is 4. The summed E-state index contributed by atoms with van der Waals surface area (Å²) in [5.41, 5.74) is 0.738. The number of aryl methyl sites for hydroxylation is 1. The fourth-order valence-corrected chi connectivity index (χ4v) is 10.8. The largest absolute Gasteiger partial charge is 0.508 e. The average Bonchev–Trinajstić information content (AvgIpc) is 3.46. The summed E-state index contributed by atoms with van der Waals surface area (Å²) in [6.45, 7) is 8.57. The minimum absolute atomic E-state index is 0.00279. The van der Waals surface area contributed by atoms with Crippen molar-refractivity contribution in [2.45, 2.75) is 62.6 Å². The topological polar surface area (TPSA) is 101 Å². The van der Waals surface area contributed by atoms with Crippen LogP contribution in [-0.2, 0) is 16.5 Å². The van der Waals surface area contributed by atoms with E-state index in [9.17, 15) is 5.11 Å². The minimum atomic E-state index is -0.653. The number of hydrogen-bond acceptors (Lipinski definition) is 10. The number of benzene rings is 3. The number of hydrogen-bond donors (Lipinski definition) is 1. The first-order valence-corrected chi connectivity index (χ1v) is 20.6. The second kappa shape index (κ2) is 13.2. The van der Waals surface area contributed by atoms with Gasteiger partial charge in [0.2, 0.25) is 0 Å². The third-order valence-electron chi connectivity index (χ3n) is 13.7. The van der Waals surface area contributed by atoms with Crippen molar-refractivity contribution in [1.82, 2.24) is 29.5 Å². The highest BCUT2D eigenvalue weighted by Crippen LogP contribution is 2.50. The number of nitrogens with zero attached hydrogens (tertiary/aromatic N) is 7. The molecular formula is C44H47F2N7O4. The van der Waals surface area contributed by atoms with Gasteiger partial charge in [0.15, 0.2) is 5.82 Å². The van der Waals surface area contributed by atoms with Crippen LogP contribution in [0.25, 0.3) is 43.7 Å². The molecule has 1 aliphatic carbocycles. The van der Waals surface area contributed by atoms with E-state index in [4.69, 9.17) is 35.7 Å². The summed E-state index contributed by atoms with van der Waals surface area (Å²) in [4.78, 5) is 17.6. The molecule has 3 atom stereocenters. The Morgan fingerprint density at radius 2 is 1.84 bits per heavy atom. The molecule has 5 saturated heterocycles. The molecule has 1 unspecified atom stereocenters. The molecule has 0 radical (unpaired) electrons. The van der Waals surface area contributed by atoms with Gasteiger partial charge in [0.05, 0.1) is 36.4 Å². The Labute approximate surface area is 329 Å². The van der Waals surface area contributed by atoms with Crippen LogP contribution < -0.4 is 9.64 Å². The van der Waals surface area contributed by atoms with Crippen LogP contribution in [0.1, 0.15) is 50.5 Å². The lowest BCUT2D eigenvalue weighted by Crippen LogP contribution is -2.56. The lowest BCUT2D eigenvalue weighted by atomic mass is 9.91. The molecule has 3 aromatic carbocycles. The predicted octanol–water partition coefficient (Wildman–Crippen LogP) is 6.02. The van der Waals surface area contributed by atoms with E-state index >= 15 is 8.78 Å². The molecule has 2 aromatic heterocycles. The van der Waals surface area contributed by atoms with Crippen LogP contribution in [0.4, 0.5) is 14.6 Å². The Morgan fingerprint density at radius 1 is 1.02 bits per heavy atom. The number of rotatable bonds is 9. The summed E-state index contributed by atoms with van der Waals surface area (Å²) in [6, 6.07) is 6.24. The molecule has 57 heavy (non-hydrogen) atoms. The normalized spacial score (nSPS) is 26.0. The number of phenols is 1. The first kappa shape index (κ1) is 35.5. The maximum absolute atomic E-state index is 17.9. The van der Waals surface area contributed by atoms with Gasteiger partial charge in [-0.05, 0) is 74.1 Å². The molecule has 2 bridgehead atoms. The van der Waals surface area contributed by atoms with E-state index in [-0.39, 0.29) is 57.1 Å². The molecule has 6 aliphatic rings. The molecule has 0 amide bonds. The molecule has 1 spiro atoms. The first-order chi connectivity index (χ1) is 27.7. The molecule has 6 fully saturated rings. The van der Waals surface area contributed by atoms with Crippen LogP contribution >= 0.6 is 0 Å². The summed E-state index contributed by atoms with van der Waals surface area (Å²) in [6.07, 6.45) is 15.2. The lowest BCUT2D eigenvalue weighted by Gasteiger charge is -2.44. The Morgan fingerprint density at radius 3 is 2.56 bits per heavy atom. The molecule has 5 aromatic rings. The quantitative estimate of drug-likeness (QED) is 0.179. The van der Waals surface area contributed by atoms with Crippen LogP contribution in [0.15, 0.2) is 30.5 Å². The zero-order valence-corrected chi connectivity index (χ0v) is 32.3. The number of terminal acetylenes is 1. The standard InChI is InChI=1S/C44H47F2N7O4/c1-3-31-34(45)8-5-27-15-30(54)16-32(35(27)31)36-38(46)40-37(33-20-50(2)49-39(33)36)41(53-28-6-7-29(53)19-52(18-28)17-26-21-55-22-26)48-42(47-40)56-25-43(10-11-43)23-51-13-12-44(24-51)9-4-14-57-44/h1,5,8,15-16,20,26,28-29,54H,4,6-7,9-14,17-19,21-25H2,2H3/t28-,29+,44?. The number of fused-ring (bicyclic) bond motifs is 6. The van der Waals surface area contributed by atoms with E-state index in [0.29, 0.717) is 45.4 Å². The Kier molecular flexibility index (Phi) is 8.24. The first-order valence-electron chi connectivity index (χ1n) is 20.6. The van der Waals surface area contributed by atoms with Crippen molar-refractivity contribution >= 4 is 38.4 Å². The second-order valence-corrected chi connectivity index (χ2v) is 17.8. The number of piperazine rings is 1. The summed E-state index contributed by atoms with van der Waals surface area (Å²) < 4.78 is 53.2. The molecular weight excluding hydrogens is 729 g/mol. The Balaban J connectivity index is 1.04. The van der Waals surface area contributed by atoms with Crippen LogP contribution in [0, 0.1) is 35.3 Å². The van der Waals surface area contributed by atoms with Crippen LogP contribution in [-0.4, -0.2) is 118 Å². The van der Waals surface area contributed by atoms with E-state index in [1.165, 1.54) is 18.2 Å². The SMILES string of the molecule is C#Cc1c(F)ccc2cc(O)cc(-c3c(F)c4nc(OCC5(CN6CCC7(CCCO7)C6)CC5)nc(N5[C@@H]6CC[C@H]5CN(CC5COC5)C6)c4c4cn(C)nc34)c12. The highest BCUT2D eigenvalue weighted by Gasteiger charge is 2.49. The van der Waals surface area contributed by atoms with Crippen molar-refractivity contribution in [2.24, 2.45) is 18.4 Å². The van der Waals surface area contributed by atoms with Gasteiger partial charge in [-0.15, -0.1) is 6.42 Å². The fraction of sp³-hybridized carbons (Fsp3) is 0.523. The number of halogens is 2. The van der Waals surface area contributed by atoms with Gasteiger partial charge in [0, 0.05) is 98.9 Å². The minimum Gasteiger partial charge on any atom is -0.508 e. The Hall–Kier alpha value is -4.61. The molecule has 7 heterocycles. The molecule has 13 heteroatoms. The molecule has 11 rings (SSSR count). The monoisotopic (exact) mass is 775 g/mol. The zero-order valence-electron chi connectivity index (χ0n) is 32.3. The number of ether oxygens (including phenoxy) is 3. The Bertz CT molecular complexity index is 2470. The van der Waals surface area contributed by atoms with Crippen molar-refractivity contribution in [1.29, 1.82) is 0 Å². The number of likely N-dealkylation sites (tertiary alicyclic amines) is 2. The lowest BCUT2D eigenvalue weighted by molar-refractivity contribution is -0.0484. The van der Waals surface area contributed by atoms with Gasteiger partial charge in [0.25, 0.3) is 0 Å². The second-order valence-electron chi connectivity index (χ2n) is 17.8. The highest BCUT2D eigenvalue weighted by molar-refractivity contribution is 6.18. The third-order valence-corrected chi connectivity index (χ3v) is 13.7. The van der Waals surface area contributed by atoms with Crippen LogP contribution in [0.3, 0.4) is 0 Å². The van der Waals surface area contributed by atoms with Gasteiger partial charge in [-0.25, -0.2) is 8.78 Å². The molecule has 1 saturated carbocycles. The van der Waals surface area contributed by atoms with E-state index in [1.807, 2.05) is 6.20 Å². The summed E-state index contributed by atoms with van der Waals surface area (Å²) in [7, 11) is 1.79. The summed E-state index contributed by atoms with van der Waals surface area (Å²) in [5, 5.41) is 17.8. The fourth-order valence-electron chi connectivity index (χ4n) is 10.8. The van der Waals surface area contributed by atoms with E-state index in [2.05, 4.69) is 20.6 Å². The number of phenolic OH excluding ortho intramolecular Hbond substituents is 1. The molecule has 11 nitrogen and oxygen atoms in total. The summed E-state index contributed by atoms with van der Waals surface area (Å²) in [5.74, 6) is 2.32. The maximum Gasteiger partial charge on any atom is 0.319 e. The smallest absolute Gasteiger partial charge is 0.319 e. The van der Waals surface area contributed by atoms with E-state index in [0.717, 1.165) is 104 Å². The van der Waals surface area contributed by atoms with E-state index in [1.54, 1.807) is 17.8 Å². The van der Waals surface area contributed by atoms with Gasteiger partial charge in [-0.3, -0.25) is 14.5 Å². The molecule has 296 valence electrons. The number of aromatic hydroxyl groups is 1. The molecule has 1 N–H and O–H groups in total. The van der Waals surface area contributed by atoms with Crippen molar-refractivity contribution in [3.05, 3.63) is 47.7 Å². The van der Waals surface area contributed by atoms with Crippen molar-refractivity contribution < 1.29 is 28.1 Å². The van der Waals surface area contributed by atoms with Crippen LogP contribution in [0.2, 0.25) is 0 Å². The van der Waals surface area contributed by atoms with Crippen molar-refractivity contribution in [3.63, 3.8) is 0 Å². The van der Waals surface area contributed by atoms with Crippen LogP contribution in [0.5, 0.6) is 11.8 Å².